The van der Waals surface area contributed by atoms with Crippen molar-refractivity contribution >= 4 is 26.5 Å². The summed E-state index contributed by atoms with van der Waals surface area (Å²) in [6.45, 7) is 1.45. The monoisotopic (exact) mass is 349 g/mol. The van der Waals surface area contributed by atoms with Crippen LogP contribution in [0.1, 0.15) is 5.56 Å². The molecule has 1 heterocycles. The molecule has 0 fully saturated rings. The number of aromatic nitrogens is 2. The molecule has 9 heteroatoms. The Bertz CT molecular complexity index is 1170. The molecule has 0 unspecified atom stereocenters. The largest absolute Gasteiger partial charge is 0.280 e. The van der Waals surface area contributed by atoms with E-state index in [1.165, 1.54) is 31.2 Å². The fourth-order valence-electron chi connectivity index (χ4n) is 2.24. The van der Waals surface area contributed by atoms with Crippen molar-refractivity contribution in [2.45, 2.75) is 11.8 Å². The van der Waals surface area contributed by atoms with E-state index in [-0.39, 0.29) is 26.9 Å². The molecule has 0 amide bonds. The van der Waals surface area contributed by atoms with E-state index in [4.69, 9.17) is 0 Å². The number of fused-ring (bicyclic) bond motifs is 1. The summed E-state index contributed by atoms with van der Waals surface area (Å²) in [4.78, 5) is 23.3. The SMILES string of the molecule is Cc1cc(S(=O)(=O)Nc2ccc3c(=O)[nH][nH]c(=O)c3c2)ccc1F. The molecule has 0 saturated heterocycles. The fraction of sp³-hybridized carbons (Fsp3) is 0.0667. The topological polar surface area (TPSA) is 112 Å². The highest BCUT2D eigenvalue weighted by molar-refractivity contribution is 7.92. The van der Waals surface area contributed by atoms with E-state index in [0.29, 0.717) is 0 Å². The van der Waals surface area contributed by atoms with Crippen LogP contribution in [0.2, 0.25) is 0 Å². The number of aryl methyl sites for hydroxylation is 1. The number of aromatic amines is 2. The minimum absolute atomic E-state index is 0.0502. The van der Waals surface area contributed by atoms with Gasteiger partial charge in [-0.2, -0.15) is 0 Å². The molecular weight excluding hydrogens is 337 g/mol. The summed E-state index contributed by atoms with van der Waals surface area (Å²) in [5, 5.41) is 4.53. The number of rotatable bonds is 3. The van der Waals surface area contributed by atoms with Gasteiger partial charge in [0.15, 0.2) is 0 Å². The van der Waals surface area contributed by atoms with E-state index in [1.807, 2.05) is 0 Å². The van der Waals surface area contributed by atoms with Crippen LogP contribution in [0.5, 0.6) is 0 Å². The maximum Gasteiger partial charge on any atom is 0.270 e. The Kier molecular flexibility index (Phi) is 3.72. The Labute approximate surface area is 135 Å². The van der Waals surface area contributed by atoms with Crippen LogP contribution >= 0.6 is 0 Å². The lowest BCUT2D eigenvalue weighted by Gasteiger charge is -2.09. The summed E-state index contributed by atoms with van der Waals surface area (Å²) in [5.74, 6) is -0.509. The van der Waals surface area contributed by atoms with Crippen molar-refractivity contribution in [1.82, 2.24) is 10.2 Å². The average Bonchev–Trinajstić information content (AvgIpc) is 2.53. The Morgan fingerprint density at radius 2 is 1.62 bits per heavy atom. The van der Waals surface area contributed by atoms with Gasteiger partial charge in [0.25, 0.3) is 21.1 Å². The maximum absolute atomic E-state index is 13.3. The van der Waals surface area contributed by atoms with Gasteiger partial charge in [-0.3, -0.25) is 24.5 Å². The second-order valence-corrected chi connectivity index (χ2v) is 6.87. The maximum atomic E-state index is 13.3. The molecular formula is C15H12FN3O4S. The number of halogens is 1. The Hall–Kier alpha value is -2.94. The van der Waals surface area contributed by atoms with Crippen LogP contribution in [0.4, 0.5) is 10.1 Å². The van der Waals surface area contributed by atoms with E-state index in [2.05, 4.69) is 14.9 Å². The molecule has 0 radical (unpaired) electrons. The average molecular weight is 349 g/mol. The van der Waals surface area contributed by atoms with E-state index >= 15 is 0 Å². The van der Waals surface area contributed by atoms with Crippen molar-refractivity contribution in [2.75, 3.05) is 4.72 Å². The first-order chi connectivity index (χ1) is 11.3. The molecule has 124 valence electrons. The molecule has 2 aromatic carbocycles. The molecule has 24 heavy (non-hydrogen) atoms. The summed E-state index contributed by atoms with van der Waals surface area (Å²) in [7, 11) is -3.96. The molecule has 3 N–H and O–H groups in total. The predicted molar refractivity (Wildman–Crippen MR) is 87.1 cm³/mol. The quantitative estimate of drug-likeness (QED) is 0.664. The molecule has 0 aliphatic carbocycles. The molecule has 0 aliphatic rings. The molecule has 7 nitrogen and oxygen atoms in total. The van der Waals surface area contributed by atoms with Gasteiger partial charge >= 0.3 is 0 Å². The molecule has 0 atom stereocenters. The highest BCUT2D eigenvalue weighted by atomic mass is 32.2. The van der Waals surface area contributed by atoms with Crippen LogP contribution in [0.3, 0.4) is 0 Å². The van der Waals surface area contributed by atoms with Gasteiger partial charge in [-0.1, -0.05) is 0 Å². The zero-order valence-corrected chi connectivity index (χ0v) is 13.2. The van der Waals surface area contributed by atoms with Crippen molar-refractivity contribution < 1.29 is 12.8 Å². The zero-order valence-electron chi connectivity index (χ0n) is 12.4. The molecule has 0 spiro atoms. The van der Waals surface area contributed by atoms with Crippen LogP contribution in [0.15, 0.2) is 50.9 Å². The molecule has 1 aromatic heterocycles. The number of hydrogen-bond acceptors (Lipinski definition) is 4. The summed E-state index contributed by atoms with van der Waals surface area (Å²) < 4.78 is 40.3. The predicted octanol–water partition coefficient (Wildman–Crippen LogP) is 1.46. The minimum atomic E-state index is -3.96. The van der Waals surface area contributed by atoms with Crippen LogP contribution in [-0.4, -0.2) is 18.6 Å². The summed E-state index contributed by atoms with van der Waals surface area (Å²) in [5.41, 5.74) is -0.739. The number of hydrogen-bond donors (Lipinski definition) is 3. The third kappa shape index (κ3) is 2.81. The van der Waals surface area contributed by atoms with Crippen molar-refractivity contribution in [1.29, 1.82) is 0 Å². The lowest BCUT2D eigenvalue weighted by atomic mass is 10.2. The number of sulfonamides is 1. The van der Waals surface area contributed by atoms with E-state index < -0.39 is 27.0 Å². The second-order valence-electron chi connectivity index (χ2n) is 5.19. The third-order valence-electron chi connectivity index (χ3n) is 3.49. The third-order valence-corrected chi connectivity index (χ3v) is 4.87. The number of H-pyrrole nitrogens is 2. The minimum Gasteiger partial charge on any atom is -0.280 e. The van der Waals surface area contributed by atoms with Gasteiger partial charge in [0.05, 0.1) is 15.7 Å². The van der Waals surface area contributed by atoms with E-state index in [9.17, 15) is 22.4 Å². The van der Waals surface area contributed by atoms with Gasteiger partial charge < -0.3 is 0 Å². The summed E-state index contributed by atoms with van der Waals surface area (Å²) in [6.07, 6.45) is 0. The first-order valence-electron chi connectivity index (χ1n) is 6.81. The van der Waals surface area contributed by atoms with Crippen molar-refractivity contribution in [2.24, 2.45) is 0 Å². The standard InChI is InChI=1S/C15H12FN3O4S/c1-8-6-10(3-5-13(8)16)24(22,23)19-9-2-4-11-12(7-9)15(21)18-17-14(11)20/h2-7,19H,1H3,(H,17,20)(H,18,21). The van der Waals surface area contributed by atoms with Gasteiger partial charge in [-0.05, 0) is 48.9 Å². The second kappa shape index (κ2) is 5.60. The fourth-order valence-corrected chi connectivity index (χ4v) is 3.37. The van der Waals surface area contributed by atoms with Crippen molar-refractivity contribution in [3.8, 4) is 0 Å². The highest BCUT2D eigenvalue weighted by Crippen LogP contribution is 2.20. The first-order valence-corrected chi connectivity index (χ1v) is 8.30. The molecule has 3 aromatic rings. The number of benzene rings is 2. The highest BCUT2D eigenvalue weighted by Gasteiger charge is 2.16. The van der Waals surface area contributed by atoms with Crippen molar-refractivity contribution in [3.63, 3.8) is 0 Å². The number of anilines is 1. The van der Waals surface area contributed by atoms with Crippen LogP contribution < -0.4 is 15.8 Å². The van der Waals surface area contributed by atoms with Crippen LogP contribution in [0.25, 0.3) is 10.8 Å². The lowest BCUT2D eigenvalue weighted by Crippen LogP contribution is -2.19. The smallest absolute Gasteiger partial charge is 0.270 e. The molecule has 0 aliphatic heterocycles. The first kappa shape index (κ1) is 15.9. The Morgan fingerprint density at radius 3 is 2.29 bits per heavy atom. The summed E-state index contributed by atoms with van der Waals surface area (Å²) >= 11 is 0. The van der Waals surface area contributed by atoms with Gasteiger partial charge in [0.2, 0.25) is 0 Å². The Morgan fingerprint density at radius 1 is 0.958 bits per heavy atom. The molecule has 0 bridgehead atoms. The normalized spacial score (nSPS) is 11.6. The van der Waals surface area contributed by atoms with E-state index in [1.54, 1.807) is 0 Å². The van der Waals surface area contributed by atoms with E-state index in [0.717, 1.165) is 12.1 Å². The molecule has 3 rings (SSSR count). The number of nitrogens with one attached hydrogen (secondary N) is 3. The van der Waals surface area contributed by atoms with Gasteiger partial charge in [-0.25, -0.2) is 12.8 Å². The van der Waals surface area contributed by atoms with Crippen LogP contribution in [-0.2, 0) is 10.0 Å². The van der Waals surface area contributed by atoms with Gasteiger partial charge in [0, 0.05) is 5.69 Å². The Balaban J connectivity index is 2.05. The van der Waals surface area contributed by atoms with Gasteiger partial charge in [-0.15, -0.1) is 0 Å². The molecule has 0 saturated carbocycles. The zero-order chi connectivity index (χ0) is 17.5. The van der Waals surface area contributed by atoms with Crippen molar-refractivity contribution in [3.05, 3.63) is 68.5 Å². The van der Waals surface area contributed by atoms with Crippen LogP contribution in [0, 0.1) is 12.7 Å². The summed E-state index contributed by atoms with van der Waals surface area (Å²) in [6, 6.07) is 7.38. The lowest BCUT2D eigenvalue weighted by molar-refractivity contribution is 0.598. The van der Waals surface area contributed by atoms with Gasteiger partial charge in [0.1, 0.15) is 5.82 Å².